The summed E-state index contributed by atoms with van der Waals surface area (Å²) < 4.78 is 38.9. The number of aromatic nitrogens is 2. The first-order chi connectivity index (χ1) is 16.4. The molecule has 0 aliphatic carbocycles. The summed E-state index contributed by atoms with van der Waals surface area (Å²) in [5, 5.41) is 4.98. The normalized spacial score (nSPS) is 15.2. The smallest absolute Gasteiger partial charge is 0.267 e. The van der Waals surface area contributed by atoms with E-state index in [2.05, 4.69) is 48.3 Å². The molecule has 0 atom stereocenters. The predicted octanol–water partition coefficient (Wildman–Crippen LogP) is 4.07. The molecule has 0 spiro atoms. The number of hydrogen-bond donors (Lipinski definition) is 1. The Morgan fingerprint density at radius 2 is 1.76 bits per heavy atom. The number of sulfonamides is 1. The maximum atomic E-state index is 12.7. The lowest BCUT2D eigenvalue weighted by atomic mass is 10.1. The number of nitrogens with zero attached hydrogens (tertiary/aromatic N) is 4. The van der Waals surface area contributed by atoms with Gasteiger partial charge in [0, 0.05) is 43.8 Å². The summed E-state index contributed by atoms with van der Waals surface area (Å²) in [5.74, 6) is 1.39. The molecule has 34 heavy (non-hydrogen) atoms. The summed E-state index contributed by atoms with van der Waals surface area (Å²) in [7, 11) is -3.73. The molecule has 0 radical (unpaired) electrons. The zero-order valence-corrected chi connectivity index (χ0v) is 20.8. The van der Waals surface area contributed by atoms with Crippen molar-refractivity contribution in [3.63, 3.8) is 0 Å². The lowest BCUT2D eigenvalue weighted by Gasteiger charge is -2.35. The molecule has 8 nitrogen and oxygen atoms in total. The molecule has 1 aliphatic heterocycles. The molecule has 4 aromatic rings. The third-order valence-electron chi connectivity index (χ3n) is 6.19. The molecule has 1 fully saturated rings. The first kappa shape index (κ1) is 22.8. The van der Waals surface area contributed by atoms with E-state index in [9.17, 15) is 8.42 Å². The monoisotopic (exact) mass is 497 g/mol. The van der Waals surface area contributed by atoms with Crippen LogP contribution in [0.1, 0.15) is 17.0 Å². The van der Waals surface area contributed by atoms with Crippen LogP contribution in [0.5, 0.6) is 0 Å². The third kappa shape index (κ3) is 4.66. The minimum absolute atomic E-state index is 0.0985. The summed E-state index contributed by atoms with van der Waals surface area (Å²) in [4.78, 5) is 4.95. The molecule has 5 rings (SSSR count). The predicted molar refractivity (Wildman–Crippen MR) is 135 cm³/mol. The van der Waals surface area contributed by atoms with E-state index in [1.165, 1.54) is 15.6 Å². The van der Waals surface area contributed by atoms with Crippen LogP contribution in [0.4, 0.5) is 11.5 Å². The minimum Gasteiger partial charge on any atom is -0.360 e. The SMILES string of the molecule is Cc1noc(C)c1S(=O)(=O)Nc1ccc(CCN2CCN(c3nsc4ccccc34)CC2)cc1. The number of piperazine rings is 1. The van der Waals surface area contributed by atoms with Gasteiger partial charge >= 0.3 is 0 Å². The topological polar surface area (TPSA) is 91.6 Å². The first-order valence-electron chi connectivity index (χ1n) is 11.3. The van der Waals surface area contributed by atoms with Crippen molar-refractivity contribution in [2.24, 2.45) is 0 Å². The number of nitrogens with one attached hydrogen (secondary N) is 1. The van der Waals surface area contributed by atoms with Crippen LogP contribution < -0.4 is 9.62 Å². The number of benzene rings is 2. The molecule has 0 saturated carbocycles. The second-order valence-corrected chi connectivity index (χ2v) is 11.0. The Hall–Kier alpha value is -2.95. The van der Waals surface area contributed by atoms with E-state index >= 15 is 0 Å². The van der Waals surface area contributed by atoms with Crippen LogP contribution in [0, 0.1) is 13.8 Å². The average molecular weight is 498 g/mol. The van der Waals surface area contributed by atoms with Crippen molar-refractivity contribution < 1.29 is 12.9 Å². The molecule has 1 N–H and O–H groups in total. The Morgan fingerprint density at radius 1 is 1.03 bits per heavy atom. The Bertz CT molecular complexity index is 1370. The average Bonchev–Trinajstić information content (AvgIpc) is 3.42. The van der Waals surface area contributed by atoms with Crippen molar-refractivity contribution in [3.8, 4) is 0 Å². The van der Waals surface area contributed by atoms with E-state index in [0.29, 0.717) is 11.4 Å². The Kier molecular flexibility index (Phi) is 6.28. The summed E-state index contributed by atoms with van der Waals surface area (Å²) in [6, 6.07) is 16.0. The Labute approximate surface area is 203 Å². The van der Waals surface area contributed by atoms with Crippen LogP contribution >= 0.6 is 11.5 Å². The van der Waals surface area contributed by atoms with Gasteiger partial charge in [0.25, 0.3) is 10.0 Å². The molecular formula is C24H27N5O3S2. The summed E-state index contributed by atoms with van der Waals surface area (Å²) >= 11 is 1.56. The van der Waals surface area contributed by atoms with E-state index in [1.807, 2.05) is 12.1 Å². The van der Waals surface area contributed by atoms with Gasteiger partial charge in [-0.2, -0.15) is 4.37 Å². The number of fused-ring (bicyclic) bond motifs is 1. The van der Waals surface area contributed by atoms with Crippen LogP contribution in [0.2, 0.25) is 0 Å². The highest BCUT2D eigenvalue weighted by Gasteiger charge is 2.24. The van der Waals surface area contributed by atoms with Crippen molar-refractivity contribution in [2.75, 3.05) is 42.3 Å². The number of rotatable bonds is 7. The van der Waals surface area contributed by atoms with Crippen molar-refractivity contribution in [1.29, 1.82) is 0 Å². The molecule has 10 heteroatoms. The lowest BCUT2D eigenvalue weighted by molar-refractivity contribution is 0.261. The van der Waals surface area contributed by atoms with Crippen LogP contribution in [0.3, 0.4) is 0 Å². The van der Waals surface area contributed by atoms with Crippen molar-refractivity contribution >= 4 is 43.1 Å². The van der Waals surface area contributed by atoms with Gasteiger partial charge in [-0.3, -0.25) is 9.62 Å². The van der Waals surface area contributed by atoms with Crippen LogP contribution in [-0.4, -0.2) is 55.6 Å². The quantitative estimate of drug-likeness (QED) is 0.412. The highest BCUT2D eigenvalue weighted by atomic mass is 32.2. The molecule has 2 aromatic carbocycles. The molecule has 2 aromatic heterocycles. The van der Waals surface area contributed by atoms with Crippen LogP contribution in [0.15, 0.2) is 57.9 Å². The maximum absolute atomic E-state index is 12.7. The molecular weight excluding hydrogens is 470 g/mol. The first-order valence-corrected chi connectivity index (χ1v) is 13.5. The van der Waals surface area contributed by atoms with Gasteiger partial charge in [0.15, 0.2) is 10.7 Å². The van der Waals surface area contributed by atoms with Gasteiger partial charge in [-0.1, -0.05) is 29.4 Å². The van der Waals surface area contributed by atoms with Crippen LogP contribution in [0.25, 0.3) is 10.1 Å². The van der Waals surface area contributed by atoms with Gasteiger partial charge in [-0.05, 0) is 61.6 Å². The van der Waals surface area contributed by atoms with Gasteiger partial charge < -0.3 is 9.42 Å². The van der Waals surface area contributed by atoms with Gasteiger partial charge in [0.2, 0.25) is 0 Å². The van der Waals surface area contributed by atoms with E-state index in [-0.39, 0.29) is 10.7 Å². The van der Waals surface area contributed by atoms with Crippen molar-refractivity contribution in [1.82, 2.24) is 14.4 Å². The number of hydrogen-bond acceptors (Lipinski definition) is 8. The Morgan fingerprint density at radius 3 is 2.47 bits per heavy atom. The van der Waals surface area contributed by atoms with Crippen molar-refractivity contribution in [2.45, 2.75) is 25.2 Å². The lowest BCUT2D eigenvalue weighted by Crippen LogP contribution is -2.47. The van der Waals surface area contributed by atoms with E-state index in [4.69, 9.17) is 4.52 Å². The van der Waals surface area contributed by atoms with E-state index in [1.54, 1.807) is 37.5 Å². The molecule has 3 heterocycles. The fraction of sp³-hybridized carbons (Fsp3) is 0.333. The van der Waals surface area contributed by atoms with Gasteiger partial charge in [-0.25, -0.2) is 8.42 Å². The Balaban J connectivity index is 1.14. The molecule has 0 amide bonds. The molecule has 0 bridgehead atoms. The summed E-state index contributed by atoms with van der Waals surface area (Å²) in [6.45, 7) is 8.12. The zero-order chi connectivity index (χ0) is 23.7. The zero-order valence-electron chi connectivity index (χ0n) is 19.2. The van der Waals surface area contributed by atoms with Gasteiger partial charge in [-0.15, -0.1) is 0 Å². The highest BCUT2D eigenvalue weighted by molar-refractivity contribution is 7.92. The van der Waals surface area contributed by atoms with Gasteiger partial charge in [0.05, 0.1) is 4.70 Å². The highest BCUT2D eigenvalue weighted by Crippen LogP contribution is 2.30. The molecule has 0 unspecified atom stereocenters. The largest absolute Gasteiger partial charge is 0.360 e. The number of anilines is 2. The van der Waals surface area contributed by atoms with E-state index < -0.39 is 10.0 Å². The summed E-state index contributed by atoms with van der Waals surface area (Å²) in [5.41, 5.74) is 2.05. The van der Waals surface area contributed by atoms with Crippen LogP contribution in [-0.2, 0) is 16.4 Å². The fourth-order valence-corrected chi connectivity index (χ4v) is 6.56. The molecule has 178 valence electrons. The maximum Gasteiger partial charge on any atom is 0.267 e. The van der Waals surface area contributed by atoms with Gasteiger partial charge in [0.1, 0.15) is 11.5 Å². The second-order valence-electron chi connectivity index (χ2n) is 8.54. The fourth-order valence-electron chi connectivity index (χ4n) is 4.38. The second kappa shape index (κ2) is 9.36. The molecule has 1 aliphatic rings. The number of aryl methyl sites for hydroxylation is 2. The third-order valence-corrected chi connectivity index (χ3v) is 8.63. The standard InChI is InChI=1S/C24H27N5O3S2/c1-17-23(18(2)32-25-17)34(30,31)27-20-9-7-19(8-10-20)11-12-28-13-15-29(16-14-28)24-21-5-3-4-6-22(21)33-26-24/h3-10,27H,11-16H2,1-2H3. The van der Waals surface area contributed by atoms with E-state index in [0.717, 1.165) is 45.0 Å². The minimum atomic E-state index is -3.73. The molecule has 1 saturated heterocycles. The van der Waals surface area contributed by atoms with Crippen molar-refractivity contribution in [3.05, 3.63) is 65.5 Å². The summed E-state index contributed by atoms with van der Waals surface area (Å²) in [6.07, 6.45) is 0.913.